The third-order valence-electron chi connectivity index (χ3n) is 0.811. The summed E-state index contributed by atoms with van der Waals surface area (Å²) in [6.07, 6.45) is -2.84. The first kappa shape index (κ1) is 7.40. The lowest BCUT2D eigenvalue weighted by atomic mass is 10.7. The molecule has 0 spiro atoms. The van der Waals surface area contributed by atoms with Gasteiger partial charge in [0.05, 0.1) is 17.4 Å². The molecule has 0 aliphatic carbocycles. The van der Waals surface area contributed by atoms with E-state index in [2.05, 4.69) is 5.10 Å². The number of rotatable bonds is 0. The molecule has 0 saturated carbocycles. The van der Waals surface area contributed by atoms with Gasteiger partial charge in [-0.05, 0) is 0 Å². The lowest BCUT2D eigenvalue weighted by Gasteiger charge is -2.03. The maximum absolute atomic E-state index is 11.6. The van der Waals surface area contributed by atoms with E-state index in [9.17, 15) is 13.2 Å². The standard InChI is InChI=1S/C4H2ClF3N2/c5-3-1-9-10(2-3)4(6,7)8/h1-2H. The zero-order chi connectivity index (χ0) is 7.78. The molecule has 1 rings (SSSR count). The highest BCUT2D eigenvalue weighted by Crippen LogP contribution is 2.22. The smallest absolute Gasteiger partial charge is 0.177 e. The summed E-state index contributed by atoms with van der Waals surface area (Å²) in [7, 11) is 0. The minimum Gasteiger partial charge on any atom is -0.177 e. The molecular formula is C4H2ClF3N2. The molecule has 1 aromatic rings. The van der Waals surface area contributed by atoms with E-state index in [0.29, 0.717) is 6.20 Å². The van der Waals surface area contributed by atoms with Crippen LogP contribution in [0.2, 0.25) is 5.02 Å². The molecule has 1 heterocycles. The second-order valence-corrected chi connectivity index (χ2v) is 2.01. The maximum Gasteiger partial charge on any atom is 0.504 e. The molecule has 10 heavy (non-hydrogen) atoms. The Morgan fingerprint density at radius 2 is 2.10 bits per heavy atom. The molecule has 56 valence electrons. The van der Waals surface area contributed by atoms with Crippen molar-refractivity contribution in [3.8, 4) is 0 Å². The van der Waals surface area contributed by atoms with Crippen molar-refractivity contribution in [3.05, 3.63) is 17.4 Å². The van der Waals surface area contributed by atoms with Crippen LogP contribution in [-0.2, 0) is 6.30 Å². The van der Waals surface area contributed by atoms with Gasteiger partial charge in [-0.3, -0.25) is 0 Å². The van der Waals surface area contributed by atoms with Gasteiger partial charge in [-0.2, -0.15) is 9.78 Å². The van der Waals surface area contributed by atoms with Gasteiger partial charge in [-0.15, -0.1) is 13.2 Å². The number of nitrogens with zero attached hydrogens (tertiary/aromatic N) is 2. The summed E-state index contributed by atoms with van der Waals surface area (Å²) in [6, 6.07) is 0. The van der Waals surface area contributed by atoms with E-state index in [1.807, 2.05) is 0 Å². The monoisotopic (exact) mass is 170 g/mol. The van der Waals surface area contributed by atoms with Crippen LogP contribution < -0.4 is 0 Å². The van der Waals surface area contributed by atoms with E-state index in [1.165, 1.54) is 0 Å². The lowest BCUT2D eigenvalue weighted by molar-refractivity contribution is -0.212. The second-order valence-electron chi connectivity index (χ2n) is 1.57. The van der Waals surface area contributed by atoms with Gasteiger partial charge >= 0.3 is 6.30 Å². The van der Waals surface area contributed by atoms with Crippen LogP contribution in [0.25, 0.3) is 0 Å². The Hall–Kier alpha value is -0.710. The maximum atomic E-state index is 11.6. The van der Waals surface area contributed by atoms with Gasteiger partial charge in [-0.25, -0.2) is 0 Å². The van der Waals surface area contributed by atoms with Gasteiger partial charge in [0.1, 0.15) is 0 Å². The van der Waals surface area contributed by atoms with Crippen molar-refractivity contribution in [2.45, 2.75) is 6.30 Å². The average Bonchev–Trinajstić information content (AvgIpc) is 2.11. The van der Waals surface area contributed by atoms with E-state index in [0.717, 1.165) is 6.20 Å². The molecule has 0 aliphatic heterocycles. The molecule has 0 radical (unpaired) electrons. The molecule has 1 aromatic heterocycles. The minimum absolute atomic E-state index is 0.0303. The first-order valence-corrected chi connectivity index (χ1v) is 2.65. The predicted molar refractivity (Wildman–Crippen MR) is 28.5 cm³/mol. The van der Waals surface area contributed by atoms with Crippen LogP contribution in [0, 0.1) is 0 Å². The predicted octanol–water partition coefficient (Wildman–Crippen LogP) is 2.01. The second kappa shape index (κ2) is 2.16. The molecule has 2 nitrogen and oxygen atoms in total. The highest BCUT2D eigenvalue weighted by molar-refractivity contribution is 6.30. The fraction of sp³-hybridized carbons (Fsp3) is 0.250. The van der Waals surface area contributed by atoms with Crippen LogP contribution in [0.3, 0.4) is 0 Å². The Bertz CT molecular complexity index is 229. The molecule has 0 bridgehead atoms. The van der Waals surface area contributed by atoms with Crippen molar-refractivity contribution in [1.82, 2.24) is 9.78 Å². The zero-order valence-electron chi connectivity index (χ0n) is 4.56. The van der Waals surface area contributed by atoms with Crippen LogP contribution in [0.5, 0.6) is 0 Å². The number of halogens is 4. The molecular weight excluding hydrogens is 169 g/mol. The molecule has 0 aliphatic rings. The fourth-order valence-corrected chi connectivity index (χ4v) is 0.576. The Morgan fingerprint density at radius 1 is 1.50 bits per heavy atom. The van der Waals surface area contributed by atoms with Crippen molar-refractivity contribution in [1.29, 1.82) is 0 Å². The normalized spacial score (nSPS) is 12.0. The first-order valence-electron chi connectivity index (χ1n) is 2.27. The summed E-state index contributed by atoms with van der Waals surface area (Å²) in [5.74, 6) is 0. The number of alkyl halides is 3. The molecule has 0 atom stereocenters. The largest absolute Gasteiger partial charge is 0.504 e. The summed E-state index contributed by atoms with van der Waals surface area (Å²) in [4.78, 5) is 0. The van der Waals surface area contributed by atoms with Crippen molar-refractivity contribution >= 4 is 11.6 Å². The van der Waals surface area contributed by atoms with E-state index in [1.54, 1.807) is 0 Å². The summed E-state index contributed by atoms with van der Waals surface area (Å²) >= 11 is 5.18. The van der Waals surface area contributed by atoms with Crippen LogP contribution >= 0.6 is 11.6 Å². The minimum atomic E-state index is -4.47. The number of hydrogen-bond acceptors (Lipinski definition) is 1. The number of hydrogen-bond donors (Lipinski definition) is 0. The summed E-state index contributed by atoms with van der Waals surface area (Å²) < 4.78 is 34.8. The molecule has 0 N–H and O–H groups in total. The van der Waals surface area contributed by atoms with E-state index in [4.69, 9.17) is 11.6 Å². The zero-order valence-corrected chi connectivity index (χ0v) is 5.32. The van der Waals surface area contributed by atoms with Gasteiger partial charge in [0, 0.05) is 0 Å². The third kappa shape index (κ3) is 1.41. The Labute approximate surface area is 59.2 Å². The molecule has 0 aromatic carbocycles. The first-order chi connectivity index (χ1) is 4.50. The van der Waals surface area contributed by atoms with Crippen molar-refractivity contribution < 1.29 is 13.2 Å². The Balaban J connectivity index is 2.96. The molecule has 0 unspecified atom stereocenters. The molecule has 0 fully saturated rings. The van der Waals surface area contributed by atoms with Gasteiger partial charge in [0.25, 0.3) is 0 Å². The third-order valence-corrected chi connectivity index (χ3v) is 1.01. The van der Waals surface area contributed by atoms with Gasteiger partial charge < -0.3 is 0 Å². The average molecular weight is 171 g/mol. The molecule has 6 heteroatoms. The van der Waals surface area contributed by atoms with Crippen molar-refractivity contribution in [2.75, 3.05) is 0 Å². The van der Waals surface area contributed by atoms with Gasteiger partial charge in [-0.1, -0.05) is 11.6 Å². The Morgan fingerprint density at radius 3 is 2.30 bits per heavy atom. The highest BCUT2D eigenvalue weighted by Gasteiger charge is 2.31. The van der Waals surface area contributed by atoms with E-state index < -0.39 is 6.30 Å². The quantitative estimate of drug-likeness (QED) is 0.583. The van der Waals surface area contributed by atoms with Crippen molar-refractivity contribution in [3.63, 3.8) is 0 Å². The van der Waals surface area contributed by atoms with Crippen LogP contribution in [0.15, 0.2) is 12.4 Å². The van der Waals surface area contributed by atoms with Crippen LogP contribution in [0.1, 0.15) is 0 Å². The summed E-state index contributed by atoms with van der Waals surface area (Å²) in [5.41, 5.74) is 0. The fourth-order valence-electron chi connectivity index (χ4n) is 0.440. The molecule has 0 saturated heterocycles. The van der Waals surface area contributed by atoms with Gasteiger partial charge in [0.15, 0.2) is 0 Å². The molecule has 0 amide bonds. The summed E-state index contributed by atoms with van der Waals surface area (Å²) in [6.45, 7) is 0. The Kier molecular flexibility index (Phi) is 1.60. The summed E-state index contributed by atoms with van der Waals surface area (Å²) in [5, 5.41) is 2.92. The van der Waals surface area contributed by atoms with Crippen LogP contribution in [0.4, 0.5) is 13.2 Å². The van der Waals surface area contributed by atoms with Crippen molar-refractivity contribution in [2.24, 2.45) is 0 Å². The topological polar surface area (TPSA) is 17.8 Å². The van der Waals surface area contributed by atoms with E-state index in [-0.39, 0.29) is 9.70 Å². The van der Waals surface area contributed by atoms with Gasteiger partial charge in [0.2, 0.25) is 0 Å². The number of aromatic nitrogens is 2. The SMILES string of the molecule is FC(F)(F)n1cc(Cl)cn1. The lowest BCUT2D eigenvalue weighted by Crippen LogP contribution is -2.16. The van der Waals surface area contributed by atoms with E-state index >= 15 is 0 Å². The van der Waals surface area contributed by atoms with Crippen LogP contribution in [-0.4, -0.2) is 9.78 Å². The highest BCUT2D eigenvalue weighted by atomic mass is 35.5.